The largest absolute Gasteiger partial charge is 0.361 e. The van der Waals surface area contributed by atoms with Gasteiger partial charge in [0.25, 0.3) is 11.6 Å². The van der Waals surface area contributed by atoms with E-state index in [9.17, 15) is 19.7 Å². The van der Waals surface area contributed by atoms with Crippen LogP contribution in [0, 0.1) is 10.1 Å². The van der Waals surface area contributed by atoms with Gasteiger partial charge in [-0.3, -0.25) is 19.7 Å². The second-order valence-corrected chi connectivity index (χ2v) is 9.24. The summed E-state index contributed by atoms with van der Waals surface area (Å²) in [5, 5.41) is 12.3. The van der Waals surface area contributed by atoms with Gasteiger partial charge in [0.2, 0.25) is 5.91 Å². The zero-order chi connectivity index (χ0) is 26.4. The number of aromatic nitrogens is 1. The number of carbonyl (C=O) groups is 2. The van der Waals surface area contributed by atoms with Crippen molar-refractivity contribution in [1.82, 2.24) is 14.8 Å². The number of hydrogen-bond donors (Lipinski definition) is 1. The second kappa shape index (κ2) is 11.5. The summed E-state index contributed by atoms with van der Waals surface area (Å²) in [7, 11) is 0. The Morgan fingerprint density at radius 2 is 1.70 bits per heavy atom. The number of nitro groups is 1. The number of rotatable bonds is 10. The first-order valence-corrected chi connectivity index (χ1v) is 12.3. The molecule has 0 bridgehead atoms. The lowest BCUT2D eigenvalue weighted by Gasteiger charge is -2.30. The molecule has 37 heavy (non-hydrogen) atoms. The summed E-state index contributed by atoms with van der Waals surface area (Å²) < 4.78 is 0. The molecule has 2 amide bonds. The predicted octanol–water partition coefficient (Wildman–Crippen LogP) is 5.20. The molecule has 1 aromatic heterocycles. The number of benzene rings is 3. The molecular weight excluding hydrogens is 468 g/mol. The van der Waals surface area contributed by atoms with Crippen molar-refractivity contribution >= 4 is 28.4 Å². The molecule has 0 aliphatic rings. The van der Waals surface area contributed by atoms with Gasteiger partial charge in [0.05, 0.1) is 4.92 Å². The van der Waals surface area contributed by atoms with Gasteiger partial charge in [-0.2, -0.15) is 0 Å². The van der Waals surface area contributed by atoms with Crippen LogP contribution < -0.4 is 0 Å². The minimum absolute atomic E-state index is 0.125. The zero-order valence-electron chi connectivity index (χ0n) is 21.0. The van der Waals surface area contributed by atoms with E-state index in [0.717, 1.165) is 22.0 Å². The Balaban J connectivity index is 1.54. The lowest BCUT2D eigenvalue weighted by atomic mass is 10.1. The van der Waals surface area contributed by atoms with Crippen LogP contribution in [-0.4, -0.2) is 50.7 Å². The number of nitro benzene ring substituents is 1. The van der Waals surface area contributed by atoms with Gasteiger partial charge in [-0.15, -0.1) is 0 Å². The van der Waals surface area contributed by atoms with Crippen molar-refractivity contribution in [3.05, 3.63) is 112 Å². The van der Waals surface area contributed by atoms with Gasteiger partial charge in [-0.05, 0) is 43.5 Å². The Morgan fingerprint density at radius 1 is 0.973 bits per heavy atom. The van der Waals surface area contributed by atoms with Gasteiger partial charge in [-0.25, -0.2) is 0 Å². The van der Waals surface area contributed by atoms with Crippen LogP contribution in [0.2, 0.25) is 0 Å². The molecule has 0 spiro atoms. The normalized spacial score (nSPS) is 11.0. The number of hydrogen-bond acceptors (Lipinski definition) is 4. The first kappa shape index (κ1) is 25.6. The van der Waals surface area contributed by atoms with E-state index in [2.05, 4.69) is 11.1 Å². The van der Waals surface area contributed by atoms with E-state index in [1.54, 1.807) is 4.90 Å². The minimum Gasteiger partial charge on any atom is -0.361 e. The fourth-order valence-corrected chi connectivity index (χ4v) is 4.34. The second-order valence-electron chi connectivity index (χ2n) is 9.24. The van der Waals surface area contributed by atoms with Crippen LogP contribution in [0.25, 0.3) is 10.9 Å². The summed E-state index contributed by atoms with van der Waals surface area (Å²) in [5.41, 5.74) is 3.19. The van der Waals surface area contributed by atoms with Gasteiger partial charge in [-0.1, -0.05) is 54.6 Å². The highest BCUT2D eigenvalue weighted by Gasteiger charge is 2.26. The maximum absolute atomic E-state index is 13.6. The number of non-ortho nitro benzene ring substituents is 1. The molecule has 3 aromatic carbocycles. The van der Waals surface area contributed by atoms with Crippen LogP contribution in [0.15, 0.2) is 85.1 Å². The molecule has 4 aromatic rings. The maximum Gasteiger partial charge on any atom is 0.270 e. The molecule has 0 radical (unpaired) electrons. The summed E-state index contributed by atoms with van der Waals surface area (Å²) in [6, 6.07) is 23.1. The Kier molecular flexibility index (Phi) is 7.98. The molecule has 8 nitrogen and oxygen atoms in total. The lowest BCUT2D eigenvalue weighted by molar-refractivity contribution is -0.384. The van der Waals surface area contributed by atoms with E-state index in [1.807, 2.05) is 68.6 Å². The molecule has 0 fully saturated rings. The fourth-order valence-electron chi connectivity index (χ4n) is 4.34. The fraction of sp³-hybridized carbons (Fsp3) is 0.241. The van der Waals surface area contributed by atoms with Crippen LogP contribution in [-0.2, 0) is 17.8 Å². The average molecular weight is 499 g/mol. The van der Waals surface area contributed by atoms with Gasteiger partial charge < -0.3 is 14.8 Å². The number of H-pyrrole nitrogens is 1. The zero-order valence-corrected chi connectivity index (χ0v) is 21.0. The Labute approximate surface area is 215 Å². The topological polar surface area (TPSA) is 99.6 Å². The molecule has 0 unspecified atom stereocenters. The number of nitrogens with one attached hydrogen (secondary N) is 1. The molecular formula is C29H30N4O4. The van der Waals surface area contributed by atoms with Crippen molar-refractivity contribution < 1.29 is 14.5 Å². The van der Waals surface area contributed by atoms with Crippen molar-refractivity contribution in [2.75, 3.05) is 13.1 Å². The summed E-state index contributed by atoms with van der Waals surface area (Å²) in [6.45, 7) is 4.43. The predicted molar refractivity (Wildman–Crippen MR) is 143 cm³/mol. The highest BCUT2D eigenvalue weighted by Crippen LogP contribution is 2.20. The van der Waals surface area contributed by atoms with Crippen molar-refractivity contribution in [3.63, 3.8) is 0 Å². The number of carbonyl (C=O) groups excluding carboxylic acids is 2. The number of fused-ring (bicyclic) bond motifs is 1. The first-order chi connectivity index (χ1) is 17.8. The van der Waals surface area contributed by atoms with Gasteiger partial charge in [0.1, 0.15) is 6.54 Å². The van der Waals surface area contributed by atoms with E-state index in [-0.39, 0.29) is 29.7 Å². The van der Waals surface area contributed by atoms with Crippen molar-refractivity contribution in [2.45, 2.75) is 32.9 Å². The monoisotopic (exact) mass is 498 g/mol. The van der Waals surface area contributed by atoms with E-state index in [4.69, 9.17) is 0 Å². The van der Waals surface area contributed by atoms with Crippen molar-refractivity contribution in [1.29, 1.82) is 0 Å². The molecule has 8 heteroatoms. The summed E-state index contributed by atoms with van der Waals surface area (Å²) in [4.78, 5) is 44.1. The third-order valence-electron chi connectivity index (χ3n) is 6.39. The first-order valence-electron chi connectivity index (χ1n) is 12.3. The summed E-state index contributed by atoms with van der Waals surface area (Å²) >= 11 is 0. The summed E-state index contributed by atoms with van der Waals surface area (Å²) in [6.07, 6.45) is 2.63. The number of para-hydroxylation sites is 1. The average Bonchev–Trinajstić information content (AvgIpc) is 3.32. The van der Waals surface area contributed by atoms with Gasteiger partial charge >= 0.3 is 0 Å². The van der Waals surface area contributed by atoms with Crippen molar-refractivity contribution in [2.24, 2.45) is 0 Å². The van der Waals surface area contributed by atoms with E-state index in [1.165, 1.54) is 29.2 Å². The highest BCUT2D eigenvalue weighted by molar-refractivity contribution is 5.97. The SMILES string of the molecule is CC(C)N(CC(=O)N(CCc1c[nH]c2ccccc12)Cc1ccccc1)C(=O)c1cccc([N+](=O)[O-])c1. The van der Waals surface area contributed by atoms with Crippen LogP contribution in [0.1, 0.15) is 35.3 Å². The molecule has 1 N–H and O–H groups in total. The molecule has 4 rings (SSSR count). The standard InChI is InChI=1S/C29H30N4O4/c1-21(2)32(29(35)23-11-8-12-25(17-23)33(36)37)20-28(34)31(19-22-9-4-3-5-10-22)16-15-24-18-30-27-14-7-6-13-26(24)27/h3-14,17-18,21,30H,15-16,19-20H2,1-2H3. The minimum atomic E-state index is -0.534. The van der Waals surface area contributed by atoms with Gasteiger partial charge in [0, 0.05) is 53.9 Å². The molecule has 190 valence electrons. The third-order valence-corrected chi connectivity index (χ3v) is 6.39. The molecule has 0 aliphatic heterocycles. The third kappa shape index (κ3) is 6.22. The highest BCUT2D eigenvalue weighted by atomic mass is 16.6. The number of amides is 2. The molecule has 0 atom stereocenters. The Bertz CT molecular complexity index is 1400. The van der Waals surface area contributed by atoms with Crippen LogP contribution >= 0.6 is 0 Å². The summed E-state index contributed by atoms with van der Waals surface area (Å²) in [5.74, 6) is -0.598. The van der Waals surface area contributed by atoms with Crippen LogP contribution in [0.4, 0.5) is 5.69 Å². The van der Waals surface area contributed by atoms with Crippen LogP contribution in [0.5, 0.6) is 0 Å². The number of aromatic amines is 1. The van der Waals surface area contributed by atoms with E-state index in [0.29, 0.717) is 19.5 Å². The Morgan fingerprint density at radius 3 is 2.43 bits per heavy atom. The molecule has 1 heterocycles. The van der Waals surface area contributed by atoms with E-state index >= 15 is 0 Å². The Hall–Kier alpha value is -4.46. The quantitative estimate of drug-likeness (QED) is 0.240. The van der Waals surface area contributed by atoms with Gasteiger partial charge in [0.15, 0.2) is 0 Å². The number of nitrogens with zero attached hydrogens (tertiary/aromatic N) is 3. The molecule has 0 aliphatic carbocycles. The lowest BCUT2D eigenvalue weighted by Crippen LogP contribution is -2.46. The van der Waals surface area contributed by atoms with Crippen LogP contribution in [0.3, 0.4) is 0 Å². The maximum atomic E-state index is 13.6. The molecule has 0 saturated carbocycles. The smallest absolute Gasteiger partial charge is 0.270 e. The molecule has 0 saturated heterocycles. The van der Waals surface area contributed by atoms with Crippen molar-refractivity contribution in [3.8, 4) is 0 Å². The van der Waals surface area contributed by atoms with E-state index < -0.39 is 10.8 Å².